The highest BCUT2D eigenvalue weighted by molar-refractivity contribution is 5.81. The normalized spacial score (nSPS) is 16.0. The quantitative estimate of drug-likeness (QED) is 0.591. The number of hydrogen-bond donors (Lipinski definition) is 1. The highest BCUT2D eigenvalue weighted by Crippen LogP contribution is 2.14. The third-order valence-corrected chi connectivity index (χ3v) is 5.68. The molecule has 1 N–H and O–H groups in total. The van der Waals surface area contributed by atoms with Crippen LogP contribution in [0.2, 0.25) is 0 Å². The largest absolute Gasteiger partial charge is 0.376 e. The summed E-state index contributed by atoms with van der Waals surface area (Å²) in [4.78, 5) is 39.2. The molecule has 1 fully saturated rings. The maximum atomic E-state index is 13.3. The van der Waals surface area contributed by atoms with Crippen molar-refractivity contribution >= 4 is 16.9 Å². The molecule has 2 aromatic heterocycles. The third-order valence-electron chi connectivity index (χ3n) is 5.68. The van der Waals surface area contributed by atoms with Gasteiger partial charge in [-0.3, -0.25) is 23.4 Å². The lowest BCUT2D eigenvalue weighted by molar-refractivity contribution is -0.122. The fourth-order valence-electron chi connectivity index (χ4n) is 4.08. The van der Waals surface area contributed by atoms with E-state index in [0.29, 0.717) is 36.5 Å². The molecular formula is C22H26FN5O4. The summed E-state index contributed by atoms with van der Waals surface area (Å²) in [6.45, 7) is 4.75. The average Bonchev–Trinajstić information content (AvgIpc) is 3.41. The zero-order chi connectivity index (χ0) is 22.8. The Bertz CT molecular complexity index is 1250. The Morgan fingerprint density at radius 3 is 2.62 bits per heavy atom. The topological polar surface area (TPSA) is 100 Å². The second-order valence-corrected chi connectivity index (χ2v) is 7.92. The molecular weight excluding hydrogens is 417 g/mol. The maximum Gasteiger partial charge on any atom is 0.332 e. The van der Waals surface area contributed by atoms with Crippen LogP contribution >= 0.6 is 0 Å². The number of benzene rings is 1. The van der Waals surface area contributed by atoms with E-state index in [4.69, 9.17) is 4.74 Å². The van der Waals surface area contributed by atoms with Gasteiger partial charge >= 0.3 is 5.69 Å². The smallest absolute Gasteiger partial charge is 0.332 e. The van der Waals surface area contributed by atoms with Crippen molar-refractivity contribution in [3.63, 3.8) is 0 Å². The van der Waals surface area contributed by atoms with Crippen molar-refractivity contribution in [2.75, 3.05) is 13.2 Å². The second-order valence-electron chi connectivity index (χ2n) is 7.92. The molecule has 0 radical (unpaired) electrons. The van der Waals surface area contributed by atoms with Crippen LogP contribution in [0.25, 0.3) is 11.0 Å². The van der Waals surface area contributed by atoms with Crippen LogP contribution in [0.5, 0.6) is 0 Å². The highest BCUT2D eigenvalue weighted by Gasteiger charge is 2.22. The lowest BCUT2D eigenvalue weighted by atomic mass is 10.2. The molecule has 1 aliphatic heterocycles. The van der Waals surface area contributed by atoms with Gasteiger partial charge in [0, 0.05) is 19.7 Å². The van der Waals surface area contributed by atoms with Crippen LogP contribution in [-0.4, -0.2) is 44.1 Å². The summed E-state index contributed by atoms with van der Waals surface area (Å²) in [6, 6.07) is 5.59. The van der Waals surface area contributed by atoms with Crippen molar-refractivity contribution < 1.29 is 13.9 Å². The summed E-state index contributed by atoms with van der Waals surface area (Å²) in [6.07, 6.45) is 1.83. The molecule has 0 unspecified atom stereocenters. The van der Waals surface area contributed by atoms with Gasteiger partial charge in [-0.05, 0) is 44.4 Å². The van der Waals surface area contributed by atoms with E-state index >= 15 is 0 Å². The standard InChI is InChI=1S/C22H26FN5O4/c1-3-28-20-19(14(2)25-28)26(13-18(29)24-11-17-5-4-10-32-17)22(31)27(21(20)30)12-15-6-8-16(23)9-7-15/h6-9,17H,3-5,10-13H2,1-2H3,(H,24,29)/t17-/m0/s1. The second kappa shape index (κ2) is 9.07. The fourth-order valence-corrected chi connectivity index (χ4v) is 4.08. The Morgan fingerprint density at radius 2 is 1.97 bits per heavy atom. The molecule has 10 heteroatoms. The van der Waals surface area contributed by atoms with Gasteiger partial charge in [-0.2, -0.15) is 5.10 Å². The van der Waals surface area contributed by atoms with Gasteiger partial charge in [0.1, 0.15) is 17.9 Å². The molecule has 9 nitrogen and oxygen atoms in total. The van der Waals surface area contributed by atoms with E-state index in [1.807, 2.05) is 6.92 Å². The van der Waals surface area contributed by atoms with E-state index in [9.17, 15) is 18.8 Å². The van der Waals surface area contributed by atoms with Gasteiger partial charge in [-0.1, -0.05) is 12.1 Å². The Hall–Kier alpha value is -3.27. The minimum Gasteiger partial charge on any atom is -0.376 e. The van der Waals surface area contributed by atoms with Crippen molar-refractivity contribution in [1.29, 1.82) is 0 Å². The van der Waals surface area contributed by atoms with Gasteiger partial charge < -0.3 is 10.1 Å². The van der Waals surface area contributed by atoms with Gasteiger partial charge in [0.2, 0.25) is 5.91 Å². The van der Waals surface area contributed by atoms with E-state index in [-0.39, 0.29) is 30.6 Å². The third kappa shape index (κ3) is 4.22. The van der Waals surface area contributed by atoms with E-state index in [1.54, 1.807) is 6.92 Å². The molecule has 0 bridgehead atoms. The van der Waals surface area contributed by atoms with Crippen molar-refractivity contribution in [3.8, 4) is 0 Å². The Kier molecular flexibility index (Phi) is 6.22. The summed E-state index contributed by atoms with van der Waals surface area (Å²) in [5.41, 5.74) is 0.601. The van der Waals surface area contributed by atoms with Crippen molar-refractivity contribution in [2.24, 2.45) is 0 Å². The van der Waals surface area contributed by atoms with E-state index in [2.05, 4.69) is 10.4 Å². The van der Waals surface area contributed by atoms with Gasteiger partial charge in [0.15, 0.2) is 5.52 Å². The molecule has 32 heavy (non-hydrogen) atoms. The van der Waals surface area contributed by atoms with Crippen molar-refractivity contribution in [3.05, 3.63) is 62.2 Å². The molecule has 1 aliphatic rings. The first kappa shape index (κ1) is 21.9. The first-order valence-electron chi connectivity index (χ1n) is 10.7. The zero-order valence-corrected chi connectivity index (χ0v) is 18.1. The van der Waals surface area contributed by atoms with Crippen LogP contribution in [0.4, 0.5) is 4.39 Å². The van der Waals surface area contributed by atoms with Crippen LogP contribution in [0.3, 0.4) is 0 Å². The fraction of sp³-hybridized carbons (Fsp3) is 0.455. The Labute approximate surface area is 183 Å². The number of ether oxygens (including phenoxy) is 1. The molecule has 0 saturated carbocycles. The molecule has 3 aromatic rings. The van der Waals surface area contributed by atoms with E-state index < -0.39 is 17.1 Å². The number of carbonyl (C=O) groups excluding carboxylic acids is 1. The molecule has 4 rings (SSSR count). The summed E-state index contributed by atoms with van der Waals surface area (Å²) in [7, 11) is 0. The number of carbonyl (C=O) groups is 1. The van der Waals surface area contributed by atoms with Gasteiger partial charge in [0.05, 0.1) is 18.3 Å². The highest BCUT2D eigenvalue weighted by atomic mass is 19.1. The number of aromatic nitrogens is 4. The molecule has 0 spiro atoms. The molecule has 1 saturated heterocycles. The van der Waals surface area contributed by atoms with E-state index in [1.165, 1.54) is 33.5 Å². The molecule has 1 aromatic carbocycles. The molecule has 3 heterocycles. The summed E-state index contributed by atoms with van der Waals surface area (Å²) < 4.78 is 22.7. The predicted molar refractivity (Wildman–Crippen MR) is 116 cm³/mol. The number of hydrogen-bond acceptors (Lipinski definition) is 5. The van der Waals surface area contributed by atoms with Crippen LogP contribution in [0, 0.1) is 12.7 Å². The number of rotatable bonds is 7. The minimum absolute atomic E-state index is 0.0206. The van der Waals surface area contributed by atoms with E-state index in [0.717, 1.165) is 17.4 Å². The predicted octanol–water partition coefficient (Wildman–Crippen LogP) is 1.17. The van der Waals surface area contributed by atoms with Crippen molar-refractivity contribution in [2.45, 2.75) is 52.4 Å². The van der Waals surface area contributed by atoms with Gasteiger partial charge in [-0.15, -0.1) is 0 Å². The number of amides is 1. The minimum atomic E-state index is -0.613. The zero-order valence-electron chi connectivity index (χ0n) is 18.1. The first-order valence-corrected chi connectivity index (χ1v) is 10.7. The number of aryl methyl sites for hydroxylation is 2. The Balaban J connectivity index is 1.75. The summed E-state index contributed by atoms with van der Waals surface area (Å²) in [5, 5.41) is 7.20. The SMILES string of the molecule is CCn1nc(C)c2c1c(=O)n(Cc1ccc(F)cc1)c(=O)n2CC(=O)NC[C@@H]1CCCO1. The number of nitrogens with zero attached hydrogens (tertiary/aromatic N) is 4. The Morgan fingerprint density at radius 1 is 1.22 bits per heavy atom. The van der Waals surface area contributed by atoms with Gasteiger partial charge in [0.25, 0.3) is 5.56 Å². The number of halogens is 1. The van der Waals surface area contributed by atoms with Crippen molar-refractivity contribution in [1.82, 2.24) is 24.2 Å². The first-order chi connectivity index (χ1) is 15.4. The average molecular weight is 443 g/mol. The molecule has 0 aliphatic carbocycles. The summed E-state index contributed by atoms with van der Waals surface area (Å²) in [5.74, 6) is -0.754. The van der Waals surface area contributed by atoms with Gasteiger partial charge in [-0.25, -0.2) is 9.18 Å². The monoisotopic (exact) mass is 443 g/mol. The maximum absolute atomic E-state index is 13.3. The van der Waals surface area contributed by atoms with Crippen LogP contribution in [-0.2, 0) is 29.2 Å². The lowest BCUT2D eigenvalue weighted by Gasteiger charge is -2.14. The van der Waals surface area contributed by atoms with Crippen LogP contribution < -0.4 is 16.6 Å². The summed E-state index contributed by atoms with van der Waals surface area (Å²) >= 11 is 0. The molecule has 1 amide bonds. The number of fused-ring (bicyclic) bond motifs is 1. The molecule has 1 atom stereocenters. The number of nitrogens with one attached hydrogen (secondary N) is 1. The lowest BCUT2D eigenvalue weighted by Crippen LogP contribution is -2.44. The molecule has 170 valence electrons. The van der Waals surface area contributed by atoms with Crippen LogP contribution in [0.15, 0.2) is 33.9 Å². The van der Waals surface area contributed by atoms with Crippen LogP contribution in [0.1, 0.15) is 31.0 Å².